The second-order valence-corrected chi connectivity index (χ2v) is 11.9. The lowest BCUT2D eigenvalue weighted by Crippen LogP contribution is -2.53. The molecule has 0 aromatic heterocycles. The molecule has 2 unspecified atom stereocenters. The van der Waals surface area contributed by atoms with Gasteiger partial charge in [-0.25, -0.2) is 4.79 Å². The van der Waals surface area contributed by atoms with E-state index in [-0.39, 0.29) is 23.6 Å². The molecule has 1 aliphatic rings. The summed E-state index contributed by atoms with van der Waals surface area (Å²) in [6.45, 7) is 9.22. The minimum atomic E-state index is -1.02. The van der Waals surface area contributed by atoms with Gasteiger partial charge in [-0.3, -0.25) is 9.59 Å². The van der Waals surface area contributed by atoms with E-state index in [9.17, 15) is 19.5 Å². The summed E-state index contributed by atoms with van der Waals surface area (Å²) in [6, 6.07) is 17.8. The number of carbonyl (C=O) groups excluding carboxylic acids is 3. The van der Waals surface area contributed by atoms with Gasteiger partial charge in [-0.2, -0.15) is 0 Å². The monoisotopic (exact) mass is 545 g/mol. The fourth-order valence-electron chi connectivity index (χ4n) is 4.80. The van der Waals surface area contributed by atoms with Gasteiger partial charge in [0.25, 0.3) is 5.91 Å². The lowest BCUT2D eigenvalue weighted by atomic mass is 9.98. The zero-order chi connectivity index (χ0) is 29.0. The Kier molecular flexibility index (Phi) is 8.67. The molecule has 0 bridgehead atoms. The van der Waals surface area contributed by atoms with Gasteiger partial charge in [0.1, 0.15) is 23.4 Å². The molecule has 40 heavy (non-hydrogen) atoms. The van der Waals surface area contributed by atoms with Crippen LogP contribution in [0.3, 0.4) is 0 Å². The zero-order valence-electron chi connectivity index (χ0n) is 23.8. The number of ether oxygens (including phenoxy) is 1. The third-order valence-electron chi connectivity index (χ3n) is 6.62. The van der Waals surface area contributed by atoms with Gasteiger partial charge in [0, 0.05) is 11.7 Å². The minimum absolute atomic E-state index is 0.00480. The molecule has 3 aromatic carbocycles. The molecule has 0 heterocycles. The highest BCUT2D eigenvalue weighted by Gasteiger charge is 2.44. The van der Waals surface area contributed by atoms with Crippen molar-refractivity contribution in [3.8, 4) is 5.75 Å². The molecule has 8 heteroatoms. The first-order chi connectivity index (χ1) is 18.9. The van der Waals surface area contributed by atoms with Crippen LogP contribution in [0.4, 0.5) is 10.5 Å². The first kappa shape index (κ1) is 28.9. The van der Waals surface area contributed by atoms with Gasteiger partial charge in [0.15, 0.2) is 0 Å². The number of nitrogens with zero attached hydrogens (tertiary/aromatic N) is 1. The number of hydrogen-bond acceptors (Lipinski definition) is 5. The average Bonchev–Trinajstić information content (AvgIpc) is 3.70. The Morgan fingerprint density at radius 3 is 2.30 bits per heavy atom. The normalized spacial score (nSPS) is 14.8. The van der Waals surface area contributed by atoms with Gasteiger partial charge in [-0.05, 0) is 86.6 Å². The number of aromatic hydroxyl groups is 1. The summed E-state index contributed by atoms with van der Waals surface area (Å²) >= 11 is 0. The van der Waals surface area contributed by atoms with Crippen LogP contribution in [0.2, 0.25) is 0 Å². The second-order valence-electron chi connectivity index (χ2n) is 11.9. The molecule has 3 N–H and O–H groups in total. The predicted molar refractivity (Wildman–Crippen MR) is 156 cm³/mol. The molecule has 4 rings (SSSR count). The van der Waals surface area contributed by atoms with Crippen molar-refractivity contribution < 1.29 is 24.2 Å². The van der Waals surface area contributed by atoms with E-state index in [2.05, 4.69) is 10.6 Å². The number of amides is 3. The Hall–Kier alpha value is -4.07. The Labute approximate surface area is 235 Å². The van der Waals surface area contributed by atoms with Crippen molar-refractivity contribution in [2.75, 3.05) is 5.32 Å². The first-order valence-corrected chi connectivity index (χ1v) is 13.8. The maximum Gasteiger partial charge on any atom is 0.408 e. The summed E-state index contributed by atoms with van der Waals surface area (Å²) in [7, 11) is 0. The van der Waals surface area contributed by atoms with Crippen molar-refractivity contribution in [2.45, 2.75) is 77.6 Å². The zero-order valence-corrected chi connectivity index (χ0v) is 23.8. The predicted octanol–water partition coefficient (Wildman–Crippen LogP) is 6.16. The Morgan fingerprint density at radius 1 is 0.975 bits per heavy atom. The van der Waals surface area contributed by atoms with E-state index in [1.807, 2.05) is 56.3 Å². The van der Waals surface area contributed by atoms with Crippen molar-refractivity contribution in [2.24, 2.45) is 5.92 Å². The highest BCUT2D eigenvalue weighted by molar-refractivity contribution is 6.00. The molecule has 3 amide bonds. The molecular formula is C32H39N3O5. The Morgan fingerprint density at radius 2 is 1.68 bits per heavy atom. The fourth-order valence-corrected chi connectivity index (χ4v) is 4.80. The molecule has 8 nitrogen and oxygen atoms in total. The number of phenolic OH excluding ortho intramolecular Hbond substituents is 1. The van der Waals surface area contributed by atoms with Crippen LogP contribution in [0.5, 0.6) is 5.75 Å². The number of anilines is 1. The number of fused-ring (bicyclic) bond motifs is 1. The van der Waals surface area contributed by atoms with E-state index in [0.29, 0.717) is 17.7 Å². The number of alkyl carbamates (subject to hydrolysis) is 1. The molecular weight excluding hydrogens is 506 g/mol. The number of rotatable bonds is 9. The quantitative estimate of drug-likeness (QED) is 0.299. The number of hydrogen-bond donors (Lipinski definition) is 3. The lowest BCUT2D eigenvalue weighted by Gasteiger charge is -2.35. The molecule has 0 aliphatic heterocycles. The van der Waals surface area contributed by atoms with Crippen molar-refractivity contribution >= 4 is 34.4 Å². The average molecular weight is 546 g/mol. The fraction of sp³-hybridized carbons (Fsp3) is 0.406. The highest BCUT2D eigenvalue weighted by atomic mass is 16.6. The van der Waals surface area contributed by atoms with Crippen molar-refractivity contribution in [3.63, 3.8) is 0 Å². The van der Waals surface area contributed by atoms with Crippen molar-refractivity contribution in [3.05, 3.63) is 72.3 Å². The highest BCUT2D eigenvalue weighted by Crippen LogP contribution is 2.37. The maximum absolute atomic E-state index is 14.2. The topological polar surface area (TPSA) is 108 Å². The summed E-state index contributed by atoms with van der Waals surface area (Å²) in [5.74, 6) is -0.670. The molecule has 0 spiro atoms. The lowest BCUT2D eigenvalue weighted by molar-refractivity contribution is -0.141. The van der Waals surface area contributed by atoms with Crippen LogP contribution in [0.15, 0.2) is 66.7 Å². The first-order valence-electron chi connectivity index (χ1n) is 13.8. The van der Waals surface area contributed by atoms with Crippen LogP contribution in [-0.2, 0) is 14.3 Å². The molecule has 1 fully saturated rings. The van der Waals surface area contributed by atoms with Crippen molar-refractivity contribution in [1.29, 1.82) is 0 Å². The number of nitrogens with one attached hydrogen (secondary N) is 2. The summed E-state index contributed by atoms with van der Waals surface area (Å²) in [5, 5.41) is 18.0. The third kappa shape index (κ3) is 7.52. The Balaban J connectivity index is 1.69. The van der Waals surface area contributed by atoms with E-state index in [1.165, 1.54) is 12.1 Å². The van der Waals surface area contributed by atoms with E-state index in [1.54, 1.807) is 37.8 Å². The maximum atomic E-state index is 14.2. The van der Waals surface area contributed by atoms with Crippen LogP contribution in [0, 0.1) is 5.92 Å². The van der Waals surface area contributed by atoms with Gasteiger partial charge in [-0.1, -0.05) is 56.3 Å². The van der Waals surface area contributed by atoms with E-state index in [0.717, 1.165) is 23.6 Å². The van der Waals surface area contributed by atoms with E-state index in [4.69, 9.17) is 4.74 Å². The van der Waals surface area contributed by atoms with Gasteiger partial charge >= 0.3 is 6.09 Å². The largest absolute Gasteiger partial charge is 0.508 e. The van der Waals surface area contributed by atoms with Gasteiger partial charge < -0.3 is 25.4 Å². The standard InChI is InChI=1S/C32H39N3O5/c1-20(2)17-27(34-31(39)40-32(3,4)5)30(38)35(25-15-16-25)28(23-11-8-12-26(36)19-23)29(37)33-24-14-13-21-9-6-7-10-22(21)18-24/h6-14,18-20,25,27-28,36H,15-17H2,1-5H3,(H,33,37)(H,34,39). The molecule has 1 saturated carbocycles. The van der Waals surface area contributed by atoms with Crippen LogP contribution in [-0.4, -0.2) is 45.6 Å². The second kappa shape index (κ2) is 12.0. The van der Waals surface area contributed by atoms with Crippen LogP contribution >= 0.6 is 0 Å². The summed E-state index contributed by atoms with van der Waals surface area (Å²) < 4.78 is 5.45. The third-order valence-corrected chi connectivity index (χ3v) is 6.62. The molecule has 2 atom stereocenters. The van der Waals surface area contributed by atoms with E-state index < -0.39 is 29.7 Å². The molecule has 212 valence electrons. The Bertz CT molecular complexity index is 1380. The number of phenols is 1. The smallest absolute Gasteiger partial charge is 0.408 e. The van der Waals surface area contributed by atoms with Crippen molar-refractivity contribution in [1.82, 2.24) is 10.2 Å². The molecule has 0 saturated heterocycles. The summed E-state index contributed by atoms with van der Waals surface area (Å²) in [4.78, 5) is 42.5. The van der Waals surface area contributed by atoms with Crippen LogP contribution in [0.25, 0.3) is 10.8 Å². The summed E-state index contributed by atoms with van der Waals surface area (Å²) in [5.41, 5.74) is 0.358. The van der Waals surface area contributed by atoms with Gasteiger partial charge in [0.05, 0.1) is 0 Å². The van der Waals surface area contributed by atoms with E-state index >= 15 is 0 Å². The number of carbonyl (C=O) groups is 3. The SMILES string of the molecule is CC(C)CC(NC(=O)OC(C)(C)C)C(=O)N(C1CC1)C(C(=O)Nc1ccc2ccccc2c1)c1cccc(O)c1. The molecule has 0 radical (unpaired) electrons. The van der Waals surface area contributed by atoms with Gasteiger partial charge in [-0.15, -0.1) is 0 Å². The van der Waals surface area contributed by atoms with Crippen LogP contribution < -0.4 is 10.6 Å². The minimum Gasteiger partial charge on any atom is -0.508 e. The number of benzene rings is 3. The van der Waals surface area contributed by atoms with Crippen LogP contribution in [0.1, 0.15) is 65.5 Å². The molecule has 1 aliphatic carbocycles. The molecule has 3 aromatic rings. The van der Waals surface area contributed by atoms with Gasteiger partial charge in [0.2, 0.25) is 5.91 Å². The summed E-state index contributed by atoms with van der Waals surface area (Å²) in [6.07, 6.45) is 1.17.